The Kier molecular flexibility index (Phi) is 3.49. The lowest BCUT2D eigenvalue weighted by atomic mass is 9.75. The summed E-state index contributed by atoms with van der Waals surface area (Å²) >= 11 is 0. The minimum atomic E-state index is -0.869. The zero-order chi connectivity index (χ0) is 11.7. The van der Waals surface area contributed by atoms with Crippen LogP contribution >= 0.6 is 0 Å². The molecule has 1 fully saturated rings. The van der Waals surface area contributed by atoms with Crippen LogP contribution in [-0.4, -0.2) is 28.5 Å². The largest absolute Gasteiger partial charge is 0.385 e. The van der Waals surface area contributed by atoms with E-state index in [2.05, 4.69) is 6.92 Å². The number of unbranched alkanes of at least 4 members (excludes halogenated alkanes) is 1. The van der Waals surface area contributed by atoms with Gasteiger partial charge in [-0.1, -0.05) is 19.8 Å². The van der Waals surface area contributed by atoms with Crippen LogP contribution in [0, 0.1) is 0 Å². The molecule has 0 amide bonds. The molecule has 0 aromatic heterocycles. The van der Waals surface area contributed by atoms with Crippen molar-refractivity contribution >= 4 is 0 Å². The maximum atomic E-state index is 10.5. The van der Waals surface area contributed by atoms with E-state index in [0.717, 1.165) is 19.3 Å². The Bertz CT molecular complexity index is 226. The first-order valence-corrected chi connectivity index (χ1v) is 5.88. The Morgan fingerprint density at radius 2 is 2.07 bits per heavy atom. The average Bonchev–Trinajstić information content (AvgIpc) is 2.39. The third-order valence-electron chi connectivity index (χ3n) is 3.53. The highest BCUT2D eigenvalue weighted by Crippen LogP contribution is 2.40. The molecule has 0 radical (unpaired) electrons. The van der Waals surface area contributed by atoms with Crippen molar-refractivity contribution in [2.24, 2.45) is 5.73 Å². The van der Waals surface area contributed by atoms with Gasteiger partial charge in [0, 0.05) is 12.0 Å². The predicted octanol–water partition coefficient (Wildman–Crippen LogP) is 1.82. The maximum Gasteiger partial charge on any atom is 0.108 e. The molecule has 2 atom stereocenters. The van der Waals surface area contributed by atoms with Crippen molar-refractivity contribution in [3.63, 3.8) is 0 Å². The molecule has 0 saturated carbocycles. The lowest BCUT2D eigenvalue weighted by Crippen LogP contribution is -2.59. The Hall–Kier alpha value is -0.120. The van der Waals surface area contributed by atoms with Gasteiger partial charge in [-0.3, -0.25) is 0 Å². The van der Waals surface area contributed by atoms with Crippen molar-refractivity contribution < 1.29 is 9.84 Å². The van der Waals surface area contributed by atoms with Crippen LogP contribution in [0.25, 0.3) is 0 Å². The number of hydrogen-bond donors (Lipinski definition) is 2. The molecule has 0 aromatic carbocycles. The topological polar surface area (TPSA) is 55.5 Å². The molecular weight excluding hydrogens is 190 g/mol. The Balaban J connectivity index is 2.69. The van der Waals surface area contributed by atoms with Gasteiger partial charge in [-0.05, 0) is 27.2 Å². The van der Waals surface area contributed by atoms with Crippen molar-refractivity contribution in [2.45, 2.75) is 70.1 Å². The van der Waals surface area contributed by atoms with Gasteiger partial charge in [0.15, 0.2) is 0 Å². The van der Waals surface area contributed by atoms with E-state index in [-0.39, 0.29) is 5.60 Å². The molecule has 0 aromatic rings. The third kappa shape index (κ3) is 2.71. The van der Waals surface area contributed by atoms with Crippen molar-refractivity contribution in [1.82, 2.24) is 0 Å². The zero-order valence-electron chi connectivity index (χ0n) is 10.5. The average molecular weight is 215 g/mol. The summed E-state index contributed by atoms with van der Waals surface area (Å²) in [6.45, 7) is 8.43. The van der Waals surface area contributed by atoms with Gasteiger partial charge in [0.2, 0.25) is 0 Å². The van der Waals surface area contributed by atoms with Gasteiger partial charge in [0.1, 0.15) is 5.60 Å². The molecule has 0 aliphatic carbocycles. The predicted molar refractivity (Wildman–Crippen MR) is 61.7 cm³/mol. The van der Waals surface area contributed by atoms with E-state index in [9.17, 15) is 5.11 Å². The van der Waals surface area contributed by atoms with E-state index >= 15 is 0 Å². The highest BCUT2D eigenvalue weighted by Gasteiger charge is 2.52. The molecule has 1 heterocycles. The van der Waals surface area contributed by atoms with Crippen molar-refractivity contribution in [3.05, 3.63) is 0 Å². The Morgan fingerprint density at radius 3 is 2.47 bits per heavy atom. The molecule has 1 aliphatic heterocycles. The summed E-state index contributed by atoms with van der Waals surface area (Å²) in [4.78, 5) is 0. The standard InChI is InChI=1S/C12H25NO2/c1-5-6-7-11(4,13)12(14)8-10(2,3)15-9-12/h14H,5-9,13H2,1-4H3. The summed E-state index contributed by atoms with van der Waals surface area (Å²) < 4.78 is 5.59. The van der Waals surface area contributed by atoms with Crippen molar-refractivity contribution in [3.8, 4) is 0 Å². The smallest absolute Gasteiger partial charge is 0.108 e. The van der Waals surface area contributed by atoms with Crippen molar-refractivity contribution in [2.75, 3.05) is 6.61 Å². The van der Waals surface area contributed by atoms with Crippen LogP contribution in [0.1, 0.15) is 53.4 Å². The summed E-state index contributed by atoms with van der Waals surface area (Å²) in [7, 11) is 0. The molecule has 3 N–H and O–H groups in total. The van der Waals surface area contributed by atoms with Crippen LogP contribution in [0.4, 0.5) is 0 Å². The van der Waals surface area contributed by atoms with Crippen LogP contribution in [0.2, 0.25) is 0 Å². The summed E-state index contributed by atoms with van der Waals surface area (Å²) in [5.41, 5.74) is 4.57. The zero-order valence-corrected chi connectivity index (χ0v) is 10.5. The van der Waals surface area contributed by atoms with Crippen LogP contribution in [0.15, 0.2) is 0 Å². The van der Waals surface area contributed by atoms with E-state index in [0.29, 0.717) is 13.0 Å². The summed E-state index contributed by atoms with van der Waals surface area (Å²) in [5.74, 6) is 0. The summed E-state index contributed by atoms with van der Waals surface area (Å²) in [5, 5.41) is 10.5. The molecule has 90 valence electrons. The Labute approximate surface area is 93.0 Å². The van der Waals surface area contributed by atoms with E-state index in [4.69, 9.17) is 10.5 Å². The fourth-order valence-corrected chi connectivity index (χ4v) is 2.26. The van der Waals surface area contributed by atoms with Gasteiger partial charge in [0.05, 0.1) is 12.2 Å². The SMILES string of the molecule is CCCCC(C)(N)C1(O)COC(C)(C)C1. The lowest BCUT2D eigenvalue weighted by molar-refractivity contribution is -0.0413. The normalized spacial score (nSPS) is 34.0. The molecule has 2 unspecified atom stereocenters. The van der Waals surface area contributed by atoms with Gasteiger partial charge in [-0.2, -0.15) is 0 Å². The molecule has 1 saturated heterocycles. The van der Waals surface area contributed by atoms with Gasteiger partial charge in [0.25, 0.3) is 0 Å². The van der Waals surface area contributed by atoms with Gasteiger partial charge < -0.3 is 15.6 Å². The number of aliphatic hydroxyl groups is 1. The number of nitrogens with two attached hydrogens (primary N) is 1. The second kappa shape index (κ2) is 4.04. The first-order valence-electron chi connectivity index (χ1n) is 5.88. The molecule has 15 heavy (non-hydrogen) atoms. The lowest BCUT2D eigenvalue weighted by Gasteiger charge is -2.39. The van der Waals surface area contributed by atoms with Crippen LogP contribution < -0.4 is 5.73 Å². The molecule has 0 spiro atoms. The first kappa shape index (κ1) is 12.9. The van der Waals surface area contributed by atoms with Crippen LogP contribution in [-0.2, 0) is 4.74 Å². The van der Waals surface area contributed by atoms with Crippen LogP contribution in [0.3, 0.4) is 0 Å². The van der Waals surface area contributed by atoms with Gasteiger partial charge >= 0.3 is 0 Å². The minimum Gasteiger partial charge on any atom is -0.385 e. The monoisotopic (exact) mass is 215 g/mol. The molecule has 0 bridgehead atoms. The van der Waals surface area contributed by atoms with Gasteiger partial charge in [-0.25, -0.2) is 0 Å². The third-order valence-corrected chi connectivity index (χ3v) is 3.53. The molecule has 1 rings (SSSR count). The van der Waals surface area contributed by atoms with Gasteiger partial charge in [-0.15, -0.1) is 0 Å². The second-order valence-corrected chi connectivity index (χ2v) is 5.78. The molecule has 3 heteroatoms. The number of rotatable bonds is 4. The molecule has 3 nitrogen and oxygen atoms in total. The highest BCUT2D eigenvalue weighted by molar-refractivity contribution is 5.07. The summed E-state index contributed by atoms with van der Waals surface area (Å²) in [6.07, 6.45) is 3.62. The summed E-state index contributed by atoms with van der Waals surface area (Å²) in [6, 6.07) is 0. The Morgan fingerprint density at radius 1 is 1.47 bits per heavy atom. The second-order valence-electron chi connectivity index (χ2n) is 5.78. The van der Waals surface area contributed by atoms with E-state index in [1.165, 1.54) is 0 Å². The number of ether oxygens (including phenoxy) is 1. The quantitative estimate of drug-likeness (QED) is 0.752. The number of hydrogen-bond acceptors (Lipinski definition) is 3. The fraction of sp³-hybridized carbons (Fsp3) is 1.00. The van der Waals surface area contributed by atoms with E-state index in [1.807, 2.05) is 20.8 Å². The minimum absolute atomic E-state index is 0.248. The maximum absolute atomic E-state index is 10.5. The first-order chi connectivity index (χ1) is 6.72. The molecule has 1 aliphatic rings. The fourth-order valence-electron chi connectivity index (χ4n) is 2.26. The molecular formula is C12H25NO2. The van der Waals surface area contributed by atoms with Crippen LogP contribution in [0.5, 0.6) is 0 Å². The van der Waals surface area contributed by atoms with E-state index < -0.39 is 11.1 Å². The highest BCUT2D eigenvalue weighted by atomic mass is 16.5. The van der Waals surface area contributed by atoms with E-state index in [1.54, 1.807) is 0 Å². The van der Waals surface area contributed by atoms with Crippen molar-refractivity contribution in [1.29, 1.82) is 0 Å².